The molecule has 0 atom stereocenters. The van der Waals surface area contributed by atoms with E-state index in [2.05, 4.69) is 42.6 Å². The number of halogens is 1. The summed E-state index contributed by atoms with van der Waals surface area (Å²) in [5.74, 6) is 1.63. The zero-order valence-electron chi connectivity index (χ0n) is 16.9. The summed E-state index contributed by atoms with van der Waals surface area (Å²) in [6, 6.07) is 9.66. The van der Waals surface area contributed by atoms with Gasteiger partial charge in [0.05, 0.1) is 12.3 Å². The van der Waals surface area contributed by atoms with Gasteiger partial charge >= 0.3 is 5.69 Å². The summed E-state index contributed by atoms with van der Waals surface area (Å²) in [6.07, 6.45) is 3.44. The van der Waals surface area contributed by atoms with Gasteiger partial charge in [-0.1, -0.05) is 23.9 Å². The molecule has 12 heteroatoms. The lowest BCUT2D eigenvalue weighted by Gasteiger charge is -2.07. The van der Waals surface area contributed by atoms with Crippen molar-refractivity contribution >= 4 is 51.3 Å². The molecule has 0 fully saturated rings. The standard InChI is InChI=1S/C20H17IN8O2S/c1-2-27-14(11-32-19-25-18-22-8-3-9-29(18)26-19)23-16-15(27)17(30)24-20(31)28(16)10-12-4-6-13(21)7-5-12/h3-9H,2,10-11H2,1H3,(H,24,30,31). The third-order valence-corrected chi connectivity index (χ3v) is 6.52. The number of H-pyrrole nitrogens is 1. The zero-order chi connectivity index (χ0) is 22.2. The number of nitrogens with one attached hydrogen (secondary N) is 1. The van der Waals surface area contributed by atoms with Crippen molar-refractivity contribution in [3.8, 4) is 0 Å². The van der Waals surface area contributed by atoms with Gasteiger partial charge in [-0.15, -0.1) is 5.10 Å². The second-order valence-corrected chi connectivity index (χ2v) is 9.15. The van der Waals surface area contributed by atoms with Crippen molar-refractivity contribution in [2.45, 2.75) is 30.9 Å². The number of hydrogen-bond acceptors (Lipinski definition) is 7. The average molecular weight is 560 g/mol. The van der Waals surface area contributed by atoms with Crippen LogP contribution in [0.15, 0.2) is 57.5 Å². The van der Waals surface area contributed by atoms with E-state index in [4.69, 9.17) is 4.98 Å². The molecule has 5 rings (SSSR count). The van der Waals surface area contributed by atoms with Gasteiger partial charge in [0.2, 0.25) is 5.16 Å². The van der Waals surface area contributed by atoms with Gasteiger partial charge in [0.15, 0.2) is 11.2 Å². The van der Waals surface area contributed by atoms with Crippen LogP contribution in [0.2, 0.25) is 0 Å². The first kappa shape index (κ1) is 20.9. The summed E-state index contributed by atoms with van der Waals surface area (Å²) in [5.41, 5.74) is 0.792. The predicted molar refractivity (Wildman–Crippen MR) is 129 cm³/mol. The minimum absolute atomic E-state index is 0.315. The Morgan fingerprint density at radius 3 is 2.69 bits per heavy atom. The smallest absolute Gasteiger partial charge is 0.322 e. The summed E-state index contributed by atoms with van der Waals surface area (Å²) in [4.78, 5) is 41.0. The third kappa shape index (κ3) is 3.83. The van der Waals surface area contributed by atoms with Crippen LogP contribution in [0.5, 0.6) is 0 Å². The Bertz CT molecular complexity index is 1520. The van der Waals surface area contributed by atoms with Gasteiger partial charge in [-0.3, -0.25) is 14.3 Å². The maximum absolute atomic E-state index is 12.7. The van der Waals surface area contributed by atoms with E-state index in [1.165, 1.54) is 16.3 Å². The van der Waals surface area contributed by atoms with Crippen LogP contribution in [0.1, 0.15) is 18.3 Å². The third-order valence-electron chi connectivity index (χ3n) is 4.96. The second-order valence-electron chi connectivity index (χ2n) is 6.96. The van der Waals surface area contributed by atoms with Crippen molar-refractivity contribution in [3.63, 3.8) is 0 Å². The van der Waals surface area contributed by atoms with E-state index in [1.807, 2.05) is 35.8 Å². The van der Waals surface area contributed by atoms with Gasteiger partial charge in [0.25, 0.3) is 11.3 Å². The molecule has 4 heterocycles. The minimum Gasteiger partial charge on any atom is -0.322 e. The van der Waals surface area contributed by atoms with Crippen molar-refractivity contribution in [2.24, 2.45) is 0 Å². The average Bonchev–Trinajstić information content (AvgIpc) is 3.37. The predicted octanol–water partition coefficient (Wildman–Crippen LogP) is 2.29. The first-order valence-corrected chi connectivity index (χ1v) is 11.9. The molecule has 1 N–H and O–H groups in total. The maximum Gasteiger partial charge on any atom is 0.330 e. The molecule has 0 aliphatic heterocycles. The highest BCUT2D eigenvalue weighted by atomic mass is 127. The van der Waals surface area contributed by atoms with E-state index in [-0.39, 0.29) is 0 Å². The molecule has 0 amide bonds. The monoisotopic (exact) mass is 560 g/mol. The minimum atomic E-state index is -0.478. The van der Waals surface area contributed by atoms with Gasteiger partial charge < -0.3 is 4.57 Å². The van der Waals surface area contributed by atoms with E-state index >= 15 is 0 Å². The molecule has 0 saturated heterocycles. The number of nitrogens with zero attached hydrogens (tertiary/aromatic N) is 7. The number of aromatic nitrogens is 8. The molecule has 0 spiro atoms. The highest BCUT2D eigenvalue weighted by Crippen LogP contribution is 2.22. The van der Waals surface area contributed by atoms with Crippen LogP contribution in [0.25, 0.3) is 16.9 Å². The normalized spacial score (nSPS) is 11.6. The Balaban J connectivity index is 1.54. The van der Waals surface area contributed by atoms with E-state index in [1.54, 1.807) is 23.0 Å². The summed E-state index contributed by atoms with van der Waals surface area (Å²) in [5, 5.41) is 4.95. The number of rotatable bonds is 6. The lowest BCUT2D eigenvalue weighted by atomic mass is 10.2. The molecular weight excluding hydrogens is 543 g/mol. The van der Waals surface area contributed by atoms with Crippen LogP contribution in [0.3, 0.4) is 0 Å². The van der Waals surface area contributed by atoms with Gasteiger partial charge in [-0.25, -0.2) is 19.3 Å². The molecule has 32 heavy (non-hydrogen) atoms. The fourth-order valence-corrected chi connectivity index (χ4v) is 4.62. The van der Waals surface area contributed by atoms with Crippen LogP contribution in [-0.2, 0) is 18.8 Å². The largest absolute Gasteiger partial charge is 0.330 e. The molecule has 4 aromatic heterocycles. The van der Waals surface area contributed by atoms with Gasteiger partial charge in [-0.05, 0) is 53.3 Å². The fourth-order valence-electron chi connectivity index (χ4n) is 3.49. The summed E-state index contributed by atoms with van der Waals surface area (Å²) in [6.45, 7) is 2.80. The Hall–Kier alpha value is -3.00. The number of aromatic amines is 1. The van der Waals surface area contributed by atoms with Gasteiger partial charge in [0, 0.05) is 22.5 Å². The number of imidazole rings is 1. The zero-order valence-corrected chi connectivity index (χ0v) is 19.9. The van der Waals surface area contributed by atoms with Crippen LogP contribution in [0.4, 0.5) is 0 Å². The molecule has 0 unspecified atom stereocenters. The Morgan fingerprint density at radius 1 is 1.12 bits per heavy atom. The highest BCUT2D eigenvalue weighted by molar-refractivity contribution is 14.1. The number of hydrogen-bond donors (Lipinski definition) is 1. The van der Waals surface area contributed by atoms with E-state index in [0.29, 0.717) is 46.8 Å². The lowest BCUT2D eigenvalue weighted by molar-refractivity contribution is 0.736. The molecule has 0 bridgehead atoms. The number of benzene rings is 1. The van der Waals surface area contributed by atoms with Crippen LogP contribution in [-0.4, -0.2) is 38.7 Å². The van der Waals surface area contributed by atoms with Crippen molar-refractivity contribution in [2.75, 3.05) is 0 Å². The van der Waals surface area contributed by atoms with Gasteiger partial charge in [0.1, 0.15) is 5.82 Å². The van der Waals surface area contributed by atoms with Crippen molar-refractivity contribution in [1.82, 2.24) is 38.7 Å². The second kappa shape index (κ2) is 8.50. The van der Waals surface area contributed by atoms with Crippen molar-refractivity contribution < 1.29 is 0 Å². The highest BCUT2D eigenvalue weighted by Gasteiger charge is 2.19. The van der Waals surface area contributed by atoms with E-state index < -0.39 is 11.2 Å². The first-order chi connectivity index (χ1) is 15.5. The fraction of sp³-hybridized carbons (Fsp3) is 0.200. The van der Waals surface area contributed by atoms with Crippen molar-refractivity contribution in [1.29, 1.82) is 0 Å². The number of aryl methyl sites for hydroxylation is 1. The van der Waals surface area contributed by atoms with Crippen molar-refractivity contribution in [3.05, 3.63) is 78.5 Å². The van der Waals surface area contributed by atoms with Crippen LogP contribution in [0, 0.1) is 3.57 Å². The molecule has 0 aliphatic carbocycles. The topological polar surface area (TPSA) is 116 Å². The van der Waals surface area contributed by atoms with Crippen LogP contribution >= 0.6 is 34.4 Å². The Kier molecular flexibility index (Phi) is 5.55. The molecule has 1 aromatic carbocycles. The molecule has 10 nitrogen and oxygen atoms in total. The molecular formula is C20H17IN8O2S. The first-order valence-electron chi connectivity index (χ1n) is 9.80. The quantitative estimate of drug-likeness (QED) is 0.250. The molecule has 0 saturated carbocycles. The summed E-state index contributed by atoms with van der Waals surface area (Å²) >= 11 is 3.63. The maximum atomic E-state index is 12.7. The van der Waals surface area contributed by atoms with E-state index in [9.17, 15) is 9.59 Å². The summed E-state index contributed by atoms with van der Waals surface area (Å²) in [7, 11) is 0. The van der Waals surface area contributed by atoms with Gasteiger partial charge in [-0.2, -0.15) is 4.98 Å². The lowest BCUT2D eigenvalue weighted by Crippen LogP contribution is -2.31. The number of fused-ring (bicyclic) bond motifs is 2. The Labute approximate surface area is 198 Å². The number of thioether (sulfide) groups is 1. The Morgan fingerprint density at radius 2 is 1.94 bits per heavy atom. The molecule has 0 aliphatic rings. The molecule has 162 valence electrons. The molecule has 0 radical (unpaired) electrons. The molecule has 5 aromatic rings. The van der Waals surface area contributed by atoms with E-state index in [0.717, 1.165) is 9.13 Å². The SMILES string of the molecule is CCn1c(CSc2nc3ncccn3n2)nc2c1c(=O)[nH]c(=O)n2Cc1ccc(I)cc1. The summed E-state index contributed by atoms with van der Waals surface area (Å²) < 4.78 is 6.05. The van der Waals surface area contributed by atoms with Crippen LogP contribution < -0.4 is 11.2 Å².